The number of hydrogen-bond acceptors (Lipinski definition) is 6. The summed E-state index contributed by atoms with van der Waals surface area (Å²) in [6, 6.07) is 13.3. The quantitative estimate of drug-likeness (QED) is 0.221. The molecule has 5 rings (SSSR count). The van der Waals surface area contributed by atoms with E-state index < -0.39 is 18.1 Å². The molecule has 9 heteroatoms. The number of methoxy groups -OCH3 is 2. The van der Waals surface area contributed by atoms with E-state index in [0.29, 0.717) is 17.1 Å². The fourth-order valence-corrected chi connectivity index (χ4v) is 5.87. The third kappa shape index (κ3) is 9.41. The number of H-pyrrole nitrogens is 1. The van der Waals surface area contributed by atoms with E-state index in [9.17, 15) is 14.7 Å². The lowest BCUT2D eigenvalue weighted by atomic mass is 9.91. The predicted octanol–water partition coefficient (Wildman–Crippen LogP) is 6.35. The second-order valence-corrected chi connectivity index (χ2v) is 11.2. The Bertz CT molecular complexity index is 1240. The molecule has 1 heterocycles. The Morgan fingerprint density at radius 2 is 1.50 bits per heavy atom. The maximum Gasteiger partial charge on any atom is 0.408 e. The van der Waals surface area contributed by atoms with Gasteiger partial charge in [-0.1, -0.05) is 56.7 Å². The summed E-state index contributed by atoms with van der Waals surface area (Å²) in [6.45, 7) is -0.0567. The van der Waals surface area contributed by atoms with Crippen molar-refractivity contribution in [1.29, 1.82) is 0 Å². The number of alkyl carbamates (subject to hydrolysis) is 1. The number of nitrogens with one attached hydrogen (secondary N) is 3. The molecule has 0 saturated heterocycles. The average molecular weight is 580 g/mol. The molecule has 2 fully saturated rings. The lowest BCUT2D eigenvalue weighted by molar-refractivity contribution is -0.139. The summed E-state index contributed by atoms with van der Waals surface area (Å²) < 4.78 is 15.5. The molecule has 1 aromatic heterocycles. The normalized spacial score (nSPS) is 16.6. The first-order chi connectivity index (χ1) is 20.4. The van der Waals surface area contributed by atoms with Gasteiger partial charge in [0.25, 0.3) is 0 Å². The number of hydrogen-bond donors (Lipinski definition) is 4. The average Bonchev–Trinajstić information content (AvgIpc) is 3.43. The molecule has 0 unspecified atom stereocenters. The summed E-state index contributed by atoms with van der Waals surface area (Å²) in [4.78, 5) is 26.9. The molecule has 228 valence electrons. The number of amides is 1. The Balaban J connectivity index is 0.000000258. The van der Waals surface area contributed by atoms with Crippen molar-refractivity contribution in [3.63, 3.8) is 0 Å². The van der Waals surface area contributed by atoms with E-state index in [4.69, 9.17) is 14.2 Å². The Morgan fingerprint density at radius 3 is 2.07 bits per heavy atom. The first kappa shape index (κ1) is 31.2. The maximum atomic E-state index is 12.2. The maximum absolute atomic E-state index is 12.2. The molecule has 0 spiro atoms. The third-order valence-electron chi connectivity index (χ3n) is 8.15. The largest absolute Gasteiger partial charge is 0.497 e. The topological polar surface area (TPSA) is 122 Å². The van der Waals surface area contributed by atoms with Gasteiger partial charge in [-0.15, -0.1) is 0 Å². The van der Waals surface area contributed by atoms with E-state index in [1.165, 1.54) is 78.4 Å². The molecule has 0 radical (unpaired) electrons. The van der Waals surface area contributed by atoms with E-state index in [1.54, 1.807) is 24.4 Å². The number of ether oxygens (including phenoxy) is 3. The molecule has 2 aliphatic rings. The van der Waals surface area contributed by atoms with E-state index in [0.717, 1.165) is 28.6 Å². The summed E-state index contributed by atoms with van der Waals surface area (Å²) in [6.07, 6.45) is 15.6. The number of carbonyl (C=O) groups is 2. The monoisotopic (exact) mass is 579 g/mol. The molecule has 2 aromatic carbocycles. The van der Waals surface area contributed by atoms with Crippen LogP contribution < -0.4 is 20.1 Å². The zero-order chi connectivity index (χ0) is 29.7. The molecule has 42 heavy (non-hydrogen) atoms. The highest BCUT2D eigenvalue weighted by Crippen LogP contribution is 2.24. The van der Waals surface area contributed by atoms with Crippen LogP contribution in [0.2, 0.25) is 0 Å². The van der Waals surface area contributed by atoms with Crippen LogP contribution in [0.3, 0.4) is 0 Å². The number of aliphatic carboxylic acids is 1. The molecule has 0 aliphatic heterocycles. The number of carbonyl (C=O) groups excluding carboxylic acids is 1. The van der Waals surface area contributed by atoms with Gasteiger partial charge in [0.05, 0.1) is 14.2 Å². The number of carboxylic acid groups (broad SMARTS) is 1. The van der Waals surface area contributed by atoms with E-state index >= 15 is 0 Å². The number of carboxylic acids is 1. The lowest BCUT2D eigenvalue weighted by Crippen LogP contribution is -2.42. The van der Waals surface area contributed by atoms with Gasteiger partial charge >= 0.3 is 12.1 Å². The number of benzene rings is 2. The van der Waals surface area contributed by atoms with Crippen molar-refractivity contribution in [1.82, 2.24) is 15.6 Å². The Labute approximate surface area is 248 Å². The number of aromatic nitrogens is 1. The van der Waals surface area contributed by atoms with Crippen molar-refractivity contribution in [3.8, 4) is 11.5 Å². The number of fused-ring (bicyclic) bond motifs is 1. The lowest BCUT2D eigenvalue weighted by Gasteiger charge is -2.30. The van der Waals surface area contributed by atoms with Crippen LogP contribution in [0.15, 0.2) is 48.7 Å². The molecule has 2 aliphatic carbocycles. The van der Waals surface area contributed by atoms with Crippen LogP contribution in [-0.4, -0.2) is 54.5 Å². The van der Waals surface area contributed by atoms with Crippen LogP contribution in [0.25, 0.3) is 10.9 Å². The smallest absolute Gasteiger partial charge is 0.408 e. The van der Waals surface area contributed by atoms with E-state index in [2.05, 4.69) is 15.6 Å². The van der Waals surface area contributed by atoms with Gasteiger partial charge in [0.15, 0.2) is 0 Å². The van der Waals surface area contributed by atoms with Gasteiger partial charge in [0, 0.05) is 41.7 Å². The second-order valence-electron chi connectivity index (χ2n) is 11.2. The minimum absolute atomic E-state index is 0.0567. The molecule has 0 bridgehead atoms. The van der Waals surface area contributed by atoms with Gasteiger partial charge in [0.1, 0.15) is 24.1 Å². The molecule has 9 nitrogen and oxygen atoms in total. The van der Waals surface area contributed by atoms with Crippen molar-refractivity contribution in [2.24, 2.45) is 0 Å². The van der Waals surface area contributed by atoms with Crippen LogP contribution in [0, 0.1) is 0 Å². The van der Waals surface area contributed by atoms with Crippen molar-refractivity contribution < 1.29 is 28.9 Å². The second kappa shape index (κ2) is 16.1. The van der Waals surface area contributed by atoms with Gasteiger partial charge < -0.3 is 34.9 Å². The zero-order valence-corrected chi connectivity index (χ0v) is 24.8. The van der Waals surface area contributed by atoms with Crippen LogP contribution in [-0.2, 0) is 22.6 Å². The highest BCUT2D eigenvalue weighted by molar-refractivity contribution is 5.85. The number of aromatic amines is 1. The van der Waals surface area contributed by atoms with Crippen LogP contribution in [0.4, 0.5) is 4.79 Å². The van der Waals surface area contributed by atoms with Gasteiger partial charge in [-0.25, -0.2) is 9.59 Å². The molecule has 1 atom stereocenters. The first-order valence-electron chi connectivity index (χ1n) is 15.1. The van der Waals surface area contributed by atoms with Crippen LogP contribution in [0.1, 0.15) is 75.3 Å². The van der Waals surface area contributed by atoms with Gasteiger partial charge in [-0.3, -0.25) is 0 Å². The fourth-order valence-electron chi connectivity index (χ4n) is 5.87. The number of rotatable bonds is 10. The molecule has 4 N–H and O–H groups in total. The van der Waals surface area contributed by atoms with Crippen molar-refractivity contribution in [3.05, 3.63) is 59.8 Å². The summed E-state index contributed by atoms with van der Waals surface area (Å²) in [5.41, 5.74) is 2.35. The van der Waals surface area contributed by atoms with E-state index in [1.807, 2.05) is 24.3 Å². The number of para-hydroxylation sites is 1. The first-order valence-corrected chi connectivity index (χ1v) is 15.1. The molecule has 3 aromatic rings. The zero-order valence-electron chi connectivity index (χ0n) is 24.8. The molecule has 2 saturated carbocycles. The molecular weight excluding hydrogens is 534 g/mol. The minimum Gasteiger partial charge on any atom is -0.497 e. The minimum atomic E-state index is -1.14. The summed E-state index contributed by atoms with van der Waals surface area (Å²) >= 11 is 0. The summed E-state index contributed by atoms with van der Waals surface area (Å²) in [7, 11) is 3.04. The van der Waals surface area contributed by atoms with Crippen molar-refractivity contribution in [2.75, 3.05) is 14.2 Å². The Morgan fingerprint density at radius 1 is 0.905 bits per heavy atom. The SMILES string of the molecule is C1CCC(NC2CCCCC2)CC1.COc1cc(COC(=O)N[C@@H](Cc2c[nH]c3ccccc23)C(=O)O)cc(OC)c1. The Hall–Kier alpha value is -3.72. The summed E-state index contributed by atoms with van der Waals surface area (Å²) in [5, 5.41) is 16.7. The van der Waals surface area contributed by atoms with E-state index in [-0.39, 0.29) is 13.0 Å². The highest BCUT2D eigenvalue weighted by Gasteiger charge is 2.23. The van der Waals surface area contributed by atoms with Crippen LogP contribution in [0.5, 0.6) is 11.5 Å². The third-order valence-corrected chi connectivity index (χ3v) is 8.15. The van der Waals surface area contributed by atoms with Crippen molar-refractivity contribution >= 4 is 23.0 Å². The van der Waals surface area contributed by atoms with Gasteiger partial charge in [0.2, 0.25) is 0 Å². The van der Waals surface area contributed by atoms with Crippen molar-refractivity contribution in [2.45, 2.75) is 95.4 Å². The van der Waals surface area contributed by atoms with Gasteiger partial charge in [-0.05, 0) is 55.0 Å². The highest BCUT2D eigenvalue weighted by atomic mass is 16.5. The fraction of sp³-hybridized carbons (Fsp3) is 0.515. The Kier molecular flexibility index (Phi) is 11.9. The summed E-state index contributed by atoms with van der Waals surface area (Å²) in [5.74, 6) is -0.0208. The predicted molar refractivity (Wildman–Crippen MR) is 163 cm³/mol. The standard InChI is InChI=1S/C21H22N2O6.C12H23N/c1-27-15-7-13(8-16(10-15)28-2)12-29-21(26)23-19(20(24)25)9-14-11-22-18-6-4-3-5-17(14)18;1-3-7-11(8-4-1)13-12-9-5-2-6-10-12/h3-8,10-11,19,22H,9,12H2,1-2H3,(H,23,26)(H,24,25);11-13H,1-10H2/t19-;/m0./s1. The van der Waals surface area contributed by atoms with Crippen LogP contribution >= 0.6 is 0 Å². The molecular formula is C33H45N3O6. The van der Waals surface area contributed by atoms with Gasteiger partial charge in [-0.2, -0.15) is 0 Å². The molecule has 1 amide bonds.